The van der Waals surface area contributed by atoms with Crippen LogP contribution < -0.4 is 0 Å². The molecule has 0 spiro atoms. The number of likely N-dealkylation sites (tertiary alicyclic amines) is 1. The van der Waals surface area contributed by atoms with Crippen LogP contribution in [0.5, 0.6) is 0 Å². The fraction of sp³-hybridized carbons (Fsp3) is 0.929. The lowest BCUT2D eigenvalue weighted by molar-refractivity contribution is -0.138. The molecule has 3 unspecified atom stereocenters. The van der Waals surface area contributed by atoms with Gasteiger partial charge in [-0.1, -0.05) is 13.8 Å². The molecule has 18 heavy (non-hydrogen) atoms. The standard InChI is InChI=1S/C14H27NO3/c1-4-13(10-18-3)15-7-5-6-12(9-15)11(2)8-14(16)17/h11-13H,4-10H2,1-3H3,(H,16,17). The van der Waals surface area contributed by atoms with Crippen LogP contribution in [0.3, 0.4) is 0 Å². The van der Waals surface area contributed by atoms with E-state index in [1.165, 1.54) is 6.42 Å². The van der Waals surface area contributed by atoms with Crippen molar-refractivity contribution >= 4 is 5.97 Å². The zero-order valence-corrected chi connectivity index (χ0v) is 11.9. The van der Waals surface area contributed by atoms with Gasteiger partial charge in [-0.3, -0.25) is 9.69 Å². The van der Waals surface area contributed by atoms with Gasteiger partial charge in [-0.25, -0.2) is 0 Å². The summed E-state index contributed by atoms with van der Waals surface area (Å²) >= 11 is 0. The molecule has 1 N–H and O–H groups in total. The van der Waals surface area contributed by atoms with E-state index in [-0.39, 0.29) is 5.92 Å². The lowest BCUT2D eigenvalue weighted by Crippen LogP contribution is -2.46. The Hall–Kier alpha value is -0.610. The molecule has 3 atom stereocenters. The van der Waals surface area contributed by atoms with Gasteiger partial charge in [-0.2, -0.15) is 0 Å². The van der Waals surface area contributed by atoms with Crippen molar-refractivity contribution in [2.24, 2.45) is 11.8 Å². The summed E-state index contributed by atoms with van der Waals surface area (Å²) in [6, 6.07) is 0.481. The molecule has 4 heteroatoms. The number of carboxylic acid groups (broad SMARTS) is 1. The third-order valence-electron chi connectivity index (χ3n) is 4.14. The fourth-order valence-electron chi connectivity index (χ4n) is 2.95. The number of carbonyl (C=O) groups is 1. The number of nitrogens with zero attached hydrogens (tertiary/aromatic N) is 1. The third kappa shape index (κ3) is 4.58. The van der Waals surface area contributed by atoms with Crippen LogP contribution in [0.4, 0.5) is 0 Å². The van der Waals surface area contributed by atoms with Gasteiger partial charge in [0.15, 0.2) is 0 Å². The van der Waals surface area contributed by atoms with Gasteiger partial charge in [0.05, 0.1) is 6.61 Å². The first-order chi connectivity index (χ1) is 8.58. The molecule has 0 aromatic rings. The Morgan fingerprint density at radius 2 is 2.28 bits per heavy atom. The third-order valence-corrected chi connectivity index (χ3v) is 4.14. The maximum atomic E-state index is 10.8. The number of piperidine rings is 1. The van der Waals surface area contributed by atoms with Gasteiger partial charge in [0.25, 0.3) is 0 Å². The van der Waals surface area contributed by atoms with Crippen molar-refractivity contribution in [2.75, 3.05) is 26.8 Å². The molecule has 1 aliphatic rings. The number of rotatable bonds is 7. The van der Waals surface area contributed by atoms with E-state index in [9.17, 15) is 4.79 Å². The average molecular weight is 257 g/mol. The second kappa shape index (κ2) is 7.74. The van der Waals surface area contributed by atoms with Gasteiger partial charge < -0.3 is 9.84 Å². The fourth-order valence-corrected chi connectivity index (χ4v) is 2.95. The molecule has 0 saturated carbocycles. The lowest BCUT2D eigenvalue weighted by atomic mass is 9.84. The molecule has 106 valence electrons. The summed E-state index contributed by atoms with van der Waals surface area (Å²) in [5.74, 6) is 0.106. The highest BCUT2D eigenvalue weighted by molar-refractivity contribution is 5.67. The molecular weight excluding hydrogens is 230 g/mol. The van der Waals surface area contributed by atoms with Gasteiger partial charge in [0.2, 0.25) is 0 Å². The smallest absolute Gasteiger partial charge is 0.303 e. The number of carboxylic acids is 1. The Bertz CT molecular complexity index is 257. The highest BCUT2D eigenvalue weighted by Crippen LogP contribution is 2.27. The second-order valence-electron chi connectivity index (χ2n) is 5.49. The Morgan fingerprint density at radius 1 is 1.56 bits per heavy atom. The number of hydrogen-bond acceptors (Lipinski definition) is 3. The number of ether oxygens (including phenoxy) is 1. The van der Waals surface area contributed by atoms with Crippen molar-refractivity contribution in [3.63, 3.8) is 0 Å². The van der Waals surface area contributed by atoms with E-state index in [1.807, 2.05) is 0 Å². The van der Waals surface area contributed by atoms with E-state index in [0.717, 1.165) is 32.5 Å². The summed E-state index contributed by atoms with van der Waals surface area (Å²) in [6.45, 7) is 7.18. The maximum absolute atomic E-state index is 10.8. The van der Waals surface area contributed by atoms with Gasteiger partial charge in [-0.15, -0.1) is 0 Å². The minimum absolute atomic E-state index is 0.269. The largest absolute Gasteiger partial charge is 0.481 e. The molecule has 0 amide bonds. The van der Waals surface area contributed by atoms with E-state index >= 15 is 0 Å². The molecule has 0 radical (unpaired) electrons. The van der Waals surface area contributed by atoms with E-state index in [4.69, 9.17) is 9.84 Å². The molecule has 0 bridgehead atoms. The maximum Gasteiger partial charge on any atom is 0.303 e. The molecule has 1 aliphatic heterocycles. The summed E-state index contributed by atoms with van der Waals surface area (Å²) in [6.07, 6.45) is 3.72. The van der Waals surface area contributed by atoms with Crippen molar-refractivity contribution in [3.05, 3.63) is 0 Å². The van der Waals surface area contributed by atoms with Crippen molar-refractivity contribution in [1.82, 2.24) is 4.90 Å². The quantitative estimate of drug-likeness (QED) is 0.760. The van der Waals surface area contributed by atoms with Gasteiger partial charge >= 0.3 is 5.97 Å². The summed E-state index contributed by atoms with van der Waals surface area (Å²) in [5.41, 5.74) is 0. The highest BCUT2D eigenvalue weighted by Gasteiger charge is 2.28. The van der Waals surface area contributed by atoms with Crippen LogP contribution in [0.1, 0.15) is 39.5 Å². The average Bonchev–Trinajstić information content (AvgIpc) is 2.35. The molecule has 1 heterocycles. The van der Waals surface area contributed by atoms with Crippen LogP contribution in [-0.4, -0.2) is 48.8 Å². The minimum Gasteiger partial charge on any atom is -0.481 e. The van der Waals surface area contributed by atoms with E-state index in [2.05, 4.69) is 18.7 Å². The molecule has 4 nitrogen and oxygen atoms in total. The molecule has 1 fully saturated rings. The summed E-state index contributed by atoms with van der Waals surface area (Å²) in [7, 11) is 1.75. The number of methoxy groups -OCH3 is 1. The monoisotopic (exact) mass is 257 g/mol. The molecule has 0 aliphatic carbocycles. The Balaban J connectivity index is 2.51. The number of aliphatic carboxylic acids is 1. The summed E-state index contributed by atoms with van der Waals surface area (Å²) in [4.78, 5) is 13.3. The van der Waals surface area contributed by atoms with Crippen molar-refractivity contribution < 1.29 is 14.6 Å². The first-order valence-electron chi connectivity index (χ1n) is 7.03. The zero-order chi connectivity index (χ0) is 13.5. The normalized spacial score (nSPS) is 24.7. The van der Waals surface area contributed by atoms with E-state index < -0.39 is 5.97 Å². The first kappa shape index (κ1) is 15.4. The first-order valence-corrected chi connectivity index (χ1v) is 7.03. The van der Waals surface area contributed by atoms with E-state index in [0.29, 0.717) is 18.4 Å². The van der Waals surface area contributed by atoms with Crippen molar-refractivity contribution in [2.45, 2.75) is 45.6 Å². The Kier molecular flexibility index (Phi) is 6.65. The molecule has 0 aromatic heterocycles. The van der Waals surface area contributed by atoms with Crippen molar-refractivity contribution in [3.8, 4) is 0 Å². The lowest BCUT2D eigenvalue weighted by Gasteiger charge is -2.39. The van der Waals surface area contributed by atoms with Gasteiger partial charge in [0.1, 0.15) is 0 Å². The topological polar surface area (TPSA) is 49.8 Å². The predicted molar refractivity (Wildman–Crippen MR) is 71.7 cm³/mol. The van der Waals surface area contributed by atoms with Crippen molar-refractivity contribution in [1.29, 1.82) is 0 Å². The Labute approximate surface area is 110 Å². The van der Waals surface area contributed by atoms with Crippen LogP contribution in [0.15, 0.2) is 0 Å². The van der Waals surface area contributed by atoms with Crippen LogP contribution in [0.25, 0.3) is 0 Å². The molecular formula is C14H27NO3. The van der Waals surface area contributed by atoms with Gasteiger partial charge in [0, 0.05) is 26.1 Å². The zero-order valence-electron chi connectivity index (χ0n) is 11.9. The minimum atomic E-state index is -0.677. The summed E-state index contributed by atoms with van der Waals surface area (Å²) in [5, 5.41) is 8.89. The van der Waals surface area contributed by atoms with Crippen LogP contribution >= 0.6 is 0 Å². The summed E-state index contributed by atoms with van der Waals surface area (Å²) < 4.78 is 5.27. The highest BCUT2D eigenvalue weighted by atomic mass is 16.5. The van der Waals surface area contributed by atoms with E-state index in [1.54, 1.807) is 7.11 Å². The number of hydrogen-bond donors (Lipinski definition) is 1. The van der Waals surface area contributed by atoms with Crippen LogP contribution in [-0.2, 0) is 9.53 Å². The van der Waals surface area contributed by atoms with Gasteiger partial charge in [-0.05, 0) is 37.6 Å². The molecule has 1 rings (SSSR count). The van der Waals surface area contributed by atoms with Crippen LogP contribution in [0, 0.1) is 11.8 Å². The SMILES string of the molecule is CCC(COC)N1CCCC(C(C)CC(=O)O)C1. The second-order valence-corrected chi connectivity index (χ2v) is 5.49. The predicted octanol–water partition coefficient (Wildman–Crippen LogP) is 2.23. The molecule has 0 aromatic carbocycles. The molecule has 1 saturated heterocycles. The van der Waals surface area contributed by atoms with Crippen LogP contribution in [0.2, 0.25) is 0 Å². The Morgan fingerprint density at radius 3 is 2.83 bits per heavy atom.